The summed E-state index contributed by atoms with van der Waals surface area (Å²) in [6.45, 7) is 5.70. The van der Waals surface area contributed by atoms with Gasteiger partial charge in [-0.05, 0) is 76.5 Å². The van der Waals surface area contributed by atoms with E-state index in [2.05, 4.69) is 52.0 Å². The molecule has 19 unspecified atom stereocenters. The first kappa shape index (κ1) is 88.7. The number of hydrogen-bond donors (Lipinski definition) is 11. The molecule has 1 aliphatic carbocycles. The predicted octanol–water partition coefficient (Wildman–Crippen LogP) is 9.98. The summed E-state index contributed by atoms with van der Waals surface area (Å²) in [6.07, 6.45) is 11.2. The van der Waals surface area contributed by atoms with Crippen LogP contribution >= 0.6 is 7.82 Å². The molecule has 3 rings (SSSR count). The minimum Gasteiger partial charge on any atom is -0.463 e. The van der Waals surface area contributed by atoms with Gasteiger partial charge in [-0.2, -0.15) is 0 Å². The van der Waals surface area contributed by atoms with E-state index in [1.807, 2.05) is 0 Å². The van der Waals surface area contributed by atoms with Gasteiger partial charge < -0.3 is 89.1 Å². The molecule has 3 aliphatic rings. The Hall–Kier alpha value is -2.56. The topological polar surface area (TPSA) is 374 Å². The van der Waals surface area contributed by atoms with E-state index in [1.54, 1.807) is 0 Å². The largest absolute Gasteiger partial charge is 0.472 e. The Morgan fingerprint density at radius 3 is 1.23 bits per heavy atom. The molecule has 24 nitrogen and oxygen atoms in total. The van der Waals surface area contributed by atoms with Crippen LogP contribution in [0.1, 0.15) is 278 Å². The van der Waals surface area contributed by atoms with Crippen molar-refractivity contribution >= 4 is 25.7 Å². The maximum atomic E-state index is 14.3. The summed E-state index contributed by atoms with van der Waals surface area (Å²) in [5.41, 5.74) is 0. The Kier molecular flexibility index (Phi) is 48.7. The Balaban J connectivity index is 1.75. The maximum absolute atomic E-state index is 14.3. The van der Waals surface area contributed by atoms with Gasteiger partial charge in [0.1, 0.15) is 98.7 Å². The zero-order valence-corrected chi connectivity index (χ0v) is 60.2. The molecule has 2 saturated heterocycles. The molecule has 0 spiro atoms. The van der Waals surface area contributed by atoms with Gasteiger partial charge in [0.15, 0.2) is 18.7 Å². The highest BCUT2D eigenvalue weighted by Gasteiger charge is 2.58. The molecule has 3 fully saturated rings. The second-order valence-electron chi connectivity index (χ2n) is 27.3. The van der Waals surface area contributed by atoms with E-state index in [0.29, 0.717) is 31.6 Å². The zero-order chi connectivity index (χ0) is 71.2. The first-order chi connectivity index (χ1) is 46.7. The lowest BCUT2D eigenvalue weighted by Crippen LogP contribution is -2.69. The van der Waals surface area contributed by atoms with Gasteiger partial charge in [-0.3, -0.25) is 23.4 Å². The third kappa shape index (κ3) is 36.9. The molecule has 11 N–H and O–H groups in total. The average molecular weight is 1410 g/mol. The van der Waals surface area contributed by atoms with Gasteiger partial charge in [0, 0.05) is 19.3 Å². The highest BCUT2D eigenvalue weighted by molar-refractivity contribution is 7.47. The number of hydrogen-bond acceptors (Lipinski definition) is 23. The smallest absolute Gasteiger partial charge is 0.463 e. The molecule has 0 bridgehead atoms. The summed E-state index contributed by atoms with van der Waals surface area (Å²) in [6, 6.07) is 0. The monoisotopic (exact) mass is 1410 g/mol. The van der Waals surface area contributed by atoms with Crippen molar-refractivity contribution in [3.8, 4) is 0 Å². The predicted molar refractivity (Wildman–Crippen MR) is 365 cm³/mol. The van der Waals surface area contributed by atoms with Crippen LogP contribution in [0.2, 0.25) is 0 Å². The van der Waals surface area contributed by atoms with Gasteiger partial charge in [0.25, 0.3) is 0 Å². The molecular formula is C72H131O24P. The minimum atomic E-state index is -5.70. The molecule has 0 aromatic carbocycles. The molecule has 0 radical (unpaired) electrons. The third-order valence-electron chi connectivity index (χ3n) is 18.6. The van der Waals surface area contributed by atoms with Crippen LogP contribution in [0.4, 0.5) is 0 Å². The van der Waals surface area contributed by atoms with E-state index in [0.717, 1.165) is 89.9 Å². The number of phosphoric ester groups is 1. The maximum Gasteiger partial charge on any atom is 0.472 e. The lowest BCUT2D eigenvalue weighted by atomic mass is 9.84. The van der Waals surface area contributed by atoms with Crippen molar-refractivity contribution in [2.75, 3.05) is 26.4 Å². The summed E-state index contributed by atoms with van der Waals surface area (Å²) in [5, 5.41) is 110. The number of aliphatic hydroxyl groups excluding tert-OH is 10. The first-order valence-corrected chi connectivity index (χ1v) is 39.0. The number of aliphatic hydroxyl groups is 10. The van der Waals surface area contributed by atoms with Gasteiger partial charge >= 0.3 is 25.7 Å². The summed E-state index contributed by atoms with van der Waals surface area (Å²) in [7, 11) is -5.70. The van der Waals surface area contributed by atoms with Crippen LogP contribution in [0.25, 0.3) is 0 Å². The molecule has 0 amide bonds. The minimum absolute atomic E-state index is 0.0217. The number of esters is 3. The van der Waals surface area contributed by atoms with Crippen LogP contribution in [0, 0.1) is 5.92 Å². The van der Waals surface area contributed by atoms with Crippen LogP contribution < -0.4 is 0 Å². The summed E-state index contributed by atoms with van der Waals surface area (Å²) >= 11 is 0. The number of phosphoric acid groups is 1. The zero-order valence-electron chi connectivity index (χ0n) is 59.3. The number of allylic oxidation sites excluding steroid dienone is 4. The average Bonchev–Trinajstić information content (AvgIpc) is 0.764. The van der Waals surface area contributed by atoms with Gasteiger partial charge in [0.2, 0.25) is 0 Å². The molecule has 568 valence electrons. The number of carbonyl (C=O) groups is 3. The Morgan fingerprint density at radius 2 is 0.784 bits per heavy atom. The highest BCUT2D eigenvalue weighted by atomic mass is 31.2. The van der Waals surface area contributed by atoms with Crippen LogP contribution in [0.5, 0.6) is 0 Å². The SMILES string of the molecule is CCCCCCCC/C=C\CCCCCC(=O)OCC(COP(=O)(O)OC1C(OC2OC(CO)C(O)C(O)C2O)C(O)C(O)C(O)C1OC1OC(COC(=O)CCCCCCCCC(C)CCCCCCCC)C(O)C(O)C1O)OC(=O)CCCCC/C=C\CCCCCCCC. The molecule has 97 heavy (non-hydrogen) atoms. The third-order valence-corrected chi connectivity index (χ3v) is 19.6. The molecule has 0 aromatic heterocycles. The summed E-state index contributed by atoms with van der Waals surface area (Å²) in [4.78, 5) is 50.9. The van der Waals surface area contributed by atoms with Crippen molar-refractivity contribution in [1.82, 2.24) is 0 Å². The molecule has 0 aromatic rings. The van der Waals surface area contributed by atoms with Crippen LogP contribution in [-0.4, -0.2) is 204 Å². The molecule has 2 heterocycles. The van der Waals surface area contributed by atoms with Gasteiger partial charge in [0.05, 0.1) is 13.2 Å². The lowest BCUT2D eigenvalue weighted by molar-refractivity contribution is -0.360. The van der Waals surface area contributed by atoms with Crippen molar-refractivity contribution in [1.29, 1.82) is 0 Å². The van der Waals surface area contributed by atoms with E-state index in [9.17, 15) is 74.9 Å². The number of carbonyl (C=O) groups excluding carboxylic acids is 3. The second-order valence-corrected chi connectivity index (χ2v) is 28.7. The van der Waals surface area contributed by atoms with Crippen molar-refractivity contribution < 1.29 is 117 Å². The van der Waals surface area contributed by atoms with Gasteiger partial charge in [-0.25, -0.2) is 4.57 Å². The normalized spacial score (nSPS) is 28.2. The summed E-state index contributed by atoms with van der Waals surface area (Å²) in [5.74, 6) is -1.33. The molecule has 1 saturated carbocycles. The lowest BCUT2D eigenvalue weighted by Gasteiger charge is -2.49. The van der Waals surface area contributed by atoms with Crippen molar-refractivity contribution in [2.24, 2.45) is 5.92 Å². The van der Waals surface area contributed by atoms with E-state index < -0.39 is 156 Å². The fraction of sp³-hybridized carbons (Fsp3) is 0.903. The fourth-order valence-electron chi connectivity index (χ4n) is 12.3. The van der Waals surface area contributed by atoms with Crippen molar-refractivity contribution in [2.45, 2.75) is 382 Å². The Morgan fingerprint density at radius 1 is 0.423 bits per heavy atom. The van der Waals surface area contributed by atoms with Gasteiger partial charge in [-0.15, -0.1) is 0 Å². The second kappa shape index (κ2) is 53.3. The molecule has 25 heteroatoms. The van der Waals surface area contributed by atoms with Crippen LogP contribution in [0.3, 0.4) is 0 Å². The van der Waals surface area contributed by atoms with Gasteiger partial charge in [-0.1, -0.05) is 213 Å². The van der Waals surface area contributed by atoms with Crippen LogP contribution in [0.15, 0.2) is 24.3 Å². The van der Waals surface area contributed by atoms with E-state index in [-0.39, 0.29) is 19.3 Å². The standard InChI is InChI=1S/C72H131O24P/c1-5-8-11-14-17-19-21-23-25-27-29-35-40-45-56(74)88-49-53(91-58(76)47-42-37-30-28-26-24-22-20-18-15-12-9-6-2)50-90-97(86,87)96-70-68(94-71-66(84)61(79)59(77)54(48-73)92-71)64(82)63(81)65(83)69(70)95-72-67(85)62(80)60(78)55(93-72)51-89-57(75)46-41-36-32-31-34-39-44-52(4)43-38-33-16-13-10-7-3/h23-26,52-55,59-73,77-85H,5-22,27-51H2,1-4H3,(H,86,87)/b25-23-,26-24-. The fourth-order valence-corrected chi connectivity index (χ4v) is 13.3. The quantitative estimate of drug-likeness (QED) is 0.00886. The highest BCUT2D eigenvalue weighted by Crippen LogP contribution is 2.49. The van der Waals surface area contributed by atoms with Crippen molar-refractivity contribution in [3.63, 3.8) is 0 Å². The number of ether oxygens (including phenoxy) is 7. The van der Waals surface area contributed by atoms with E-state index >= 15 is 0 Å². The number of unbranched alkanes of at least 4 members (excludes halogenated alkanes) is 28. The van der Waals surface area contributed by atoms with E-state index in [1.165, 1.54) is 116 Å². The first-order valence-electron chi connectivity index (χ1n) is 37.5. The van der Waals surface area contributed by atoms with E-state index in [4.69, 9.17) is 42.2 Å². The molecular weight excluding hydrogens is 1280 g/mol. The number of rotatable bonds is 57. The Bertz CT molecular complexity index is 2120. The molecule has 2 aliphatic heterocycles. The van der Waals surface area contributed by atoms with Crippen molar-refractivity contribution in [3.05, 3.63) is 24.3 Å². The van der Waals surface area contributed by atoms with Crippen LogP contribution in [-0.2, 0) is 61.2 Å². The summed E-state index contributed by atoms with van der Waals surface area (Å²) < 4.78 is 65.0. The molecule has 19 atom stereocenters. The Labute approximate surface area is 579 Å².